The highest BCUT2D eigenvalue weighted by molar-refractivity contribution is 5.32. The van der Waals surface area contributed by atoms with E-state index in [4.69, 9.17) is 10.00 Å². The lowest BCUT2D eigenvalue weighted by atomic mass is 10.1. The molecule has 0 amide bonds. The van der Waals surface area contributed by atoms with Gasteiger partial charge in [-0.3, -0.25) is 0 Å². The Hall–Kier alpha value is -2.38. The topological polar surface area (TPSA) is 66.1 Å². The van der Waals surface area contributed by atoms with Crippen LogP contribution in [-0.2, 0) is 6.61 Å². The number of aromatic nitrogens is 1. The Balaban J connectivity index is 2.04. The third-order valence-corrected chi connectivity index (χ3v) is 2.75. The van der Waals surface area contributed by atoms with Crippen LogP contribution in [0.5, 0.6) is 5.75 Å². The van der Waals surface area contributed by atoms with Crippen LogP contribution in [0.15, 0.2) is 42.6 Å². The van der Waals surface area contributed by atoms with E-state index in [1.165, 1.54) is 0 Å². The zero-order valence-corrected chi connectivity index (χ0v) is 10.6. The third-order valence-electron chi connectivity index (χ3n) is 2.75. The number of nitrogens with zero attached hydrogens (tertiary/aromatic N) is 2. The molecule has 0 saturated carbocycles. The summed E-state index contributed by atoms with van der Waals surface area (Å²) in [5.74, 6) is 0.692. The second kappa shape index (κ2) is 5.98. The van der Waals surface area contributed by atoms with Crippen molar-refractivity contribution in [2.24, 2.45) is 0 Å². The van der Waals surface area contributed by atoms with E-state index in [1.807, 2.05) is 24.3 Å². The summed E-state index contributed by atoms with van der Waals surface area (Å²) in [6, 6.07) is 12.8. The predicted octanol–water partition coefficient (Wildman–Crippen LogP) is 2.59. The van der Waals surface area contributed by atoms with Crippen molar-refractivity contribution < 1.29 is 9.84 Å². The maximum Gasteiger partial charge on any atom is 0.147 e. The molecule has 0 fully saturated rings. The molecule has 0 bridgehead atoms. The van der Waals surface area contributed by atoms with Gasteiger partial charge in [0.25, 0.3) is 0 Å². The summed E-state index contributed by atoms with van der Waals surface area (Å²) in [6.45, 7) is 2.01. The SMILES string of the molecule is C[C@@H](O)c1ccc(OCc2cccnc2C#N)cc1. The molecule has 1 atom stereocenters. The number of hydrogen-bond donors (Lipinski definition) is 1. The lowest BCUT2D eigenvalue weighted by Gasteiger charge is -2.09. The first-order valence-electron chi connectivity index (χ1n) is 5.95. The summed E-state index contributed by atoms with van der Waals surface area (Å²) in [7, 11) is 0. The lowest BCUT2D eigenvalue weighted by molar-refractivity contribution is 0.199. The van der Waals surface area contributed by atoms with Crippen LogP contribution in [0.25, 0.3) is 0 Å². The van der Waals surface area contributed by atoms with Crippen molar-refractivity contribution in [1.29, 1.82) is 5.26 Å². The van der Waals surface area contributed by atoms with E-state index in [0.717, 1.165) is 11.1 Å². The highest BCUT2D eigenvalue weighted by Gasteiger charge is 2.04. The maximum absolute atomic E-state index is 9.41. The van der Waals surface area contributed by atoms with E-state index in [0.29, 0.717) is 18.1 Å². The molecule has 4 heteroatoms. The van der Waals surface area contributed by atoms with Crippen molar-refractivity contribution in [3.05, 3.63) is 59.4 Å². The van der Waals surface area contributed by atoms with Crippen LogP contribution in [0.2, 0.25) is 0 Å². The molecule has 1 aromatic heterocycles. The number of benzene rings is 1. The van der Waals surface area contributed by atoms with E-state index in [-0.39, 0.29) is 0 Å². The average Bonchev–Trinajstić information content (AvgIpc) is 2.45. The minimum Gasteiger partial charge on any atom is -0.489 e. The molecule has 1 N–H and O–H groups in total. The molecular weight excluding hydrogens is 240 g/mol. The standard InChI is InChI=1S/C15H14N2O2/c1-11(18)12-4-6-14(7-5-12)19-10-13-3-2-8-17-15(13)9-16/h2-8,11,18H,10H2,1H3/t11-/m1/s1. The van der Waals surface area contributed by atoms with Gasteiger partial charge in [0.2, 0.25) is 0 Å². The highest BCUT2D eigenvalue weighted by Crippen LogP contribution is 2.18. The van der Waals surface area contributed by atoms with Crippen LogP contribution in [0.1, 0.15) is 29.8 Å². The van der Waals surface area contributed by atoms with Gasteiger partial charge in [-0.25, -0.2) is 4.98 Å². The molecule has 0 aliphatic rings. The van der Waals surface area contributed by atoms with E-state index < -0.39 is 6.10 Å². The van der Waals surface area contributed by atoms with Gasteiger partial charge in [0.05, 0.1) is 6.10 Å². The zero-order valence-electron chi connectivity index (χ0n) is 10.6. The van der Waals surface area contributed by atoms with Gasteiger partial charge in [-0.1, -0.05) is 18.2 Å². The van der Waals surface area contributed by atoms with Crippen molar-refractivity contribution in [3.8, 4) is 11.8 Å². The van der Waals surface area contributed by atoms with Crippen molar-refractivity contribution in [2.45, 2.75) is 19.6 Å². The zero-order chi connectivity index (χ0) is 13.7. The molecule has 2 rings (SSSR count). The largest absolute Gasteiger partial charge is 0.489 e. The minimum atomic E-state index is -0.488. The van der Waals surface area contributed by atoms with Crippen LogP contribution in [0, 0.1) is 11.3 Å². The lowest BCUT2D eigenvalue weighted by Crippen LogP contribution is -2.00. The van der Waals surface area contributed by atoms with Gasteiger partial charge in [-0.15, -0.1) is 0 Å². The Kier molecular flexibility index (Phi) is 4.11. The Morgan fingerprint density at radius 2 is 2.05 bits per heavy atom. The number of aliphatic hydroxyl groups is 1. The first-order valence-corrected chi connectivity index (χ1v) is 5.95. The average molecular weight is 254 g/mol. The minimum absolute atomic E-state index is 0.296. The Morgan fingerprint density at radius 1 is 1.32 bits per heavy atom. The van der Waals surface area contributed by atoms with Gasteiger partial charge >= 0.3 is 0 Å². The normalized spacial score (nSPS) is 11.6. The first kappa shape index (κ1) is 13.1. The molecule has 19 heavy (non-hydrogen) atoms. The smallest absolute Gasteiger partial charge is 0.147 e. The highest BCUT2D eigenvalue weighted by atomic mass is 16.5. The molecule has 2 aromatic rings. The van der Waals surface area contributed by atoms with Crippen LogP contribution < -0.4 is 4.74 Å². The molecule has 1 heterocycles. The number of nitriles is 1. The van der Waals surface area contributed by atoms with Crippen LogP contribution >= 0.6 is 0 Å². The Labute approximate surface area is 111 Å². The maximum atomic E-state index is 9.41. The fourth-order valence-corrected chi connectivity index (χ4v) is 1.66. The second-order valence-electron chi connectivity index (χ2n) is 4.16. The molecule has 0 aliphatic heterocycles. The monoisotopic (exact) mass is 254 g/mol. The van der Waals surface area contributed by atoms with Crippen molar-refractivity contribution in [3.63, 3.8) is 0 Å². The molecule has 96 valence electrons. The third kappa shape index (κ3) is 3.30. The molecule has 0 radical (unpaired) electrons. The first-order chi connectivity index (χ1) is 9.20. The molecule has 0 spiro atoms. The van der Waals surface area contributed by atoms with Gasteiger partial charge in [-0.05, 0) is 30.7 Å². The fourth-order valence-electron chi connectivity index (χ4n) is 1.66. The van der Waals surface area contributed by atoms with Crippen LogP contribution in [0.4, 0.5) is 0 Å². The van der Waals surface area contributed by atoms with Crippen molar-refractivity contribution in [2.75, 3.05) is 0 Å². The van der Waals surface area contributed by atoms with E-state index in [9.17, 15) is 5.11 Å². The molecular formula is C15H14N2O2. The number of ether oxygens (including phenoxy) is 1. The molecule has 0 aliphatic carbocycles. The van der Waals surface area contributed by atoms with Crippen LogP contribution in [-0.4, -0.2) is 10.1 Å². The quantitative estimate of drug-likeness (QED) is 0.910. The molecule has 4 nitrogen and oxygen atoms in total. The van der Waals surface area contributed by atoms with Gasteiger partial charge in [0.15, 0.2) is 0 Å². The predicted molar refractivity (Wildman–Crippen MR) is 70.4 cm³/mol. The molecule has 1 aromatic carbocycles. The van der Waals surface area contributed by atoms with E-state index in [1.54, 1.807) is 31.3 Å². The van der Waals surface area contributed by atoms with Gasteiger partial charge in [0.1, 0.15) is 24.1 Å². The fraction of sp³-hybridized carbons (Fsp3) is 0.200. The van der Waals surface area contributed by atoms with Crippen molar-refractivity contribution in [1.82, 2.24) is 4.98 Å². The summed E-state index contributed by atoms with van der Waals surface area (Å²) in [6.07, 6.45) is 1.09. The van der Waals surface area contributed by atoms with Crippen molar-refractivity contribution >= 4 is 0 Å². The van der Waals surface area contributed by atoms with Gasteiger partial charge < -0.3 is 9.84 Å². The van der Waals surface area contributed by atoms with Crippen LogP contribution in [0.3, 0.4) is 0 Å². The summed E-state index contributed by atoms with van der Waals surface area (Å²) < 4.78 is 5.60. The number of rotatable bonds is 4. The Morgan fingerprint density at radius 3 is 2.68 bits per heavy atom. The summed E-state index contributed by atoms with van der Waals surface area (Å²) in [5, 5.41) is 18.3. The number of aliphatic hydroxyl groups excluding tert-OH is 1. The molecule has 0 unspecified atom stereocenters. The van der Waals surface area contributed by atoms with E-state index in [2.05, 4.69) is 4.98 Å². The second-order valence-corrected chi connectivity index (χ2v) is 4.16. The van der Waals surface area contributed by atoms with Gasteiger partial charge in [-0.2, -0.15) is 5.26 Å². The number of hydrogen-bond acceptors (Lipinski definition) is 4. The summed E-state index contributed by atoms with van der Waals surface area (Å²) in [4.78, 5) is 3.97. The summed E-state index contributed by atoms with van der Waals surface area (Å²) in [5.41, 5.74) is 1.97. The summed E-state index contributed by atoms with van der Waals surface area (Å²) >= 11 is 0. The van der Waals surface area contributed by atoms with Gasteiger partial charge in [0, 0.05) is 11.8 Å². The molecule has 0 saturated heterocycles. The Bertz CT molecular complexity index is 586. The van der Waals surface area contributed by atoms with E-state index >= 15 is 0 Å². The number of pyridine rings is 1.